The standard InChI is InChI=1S/C21H21ClF2N4O3S/c22-16-3-1-2-13(10-16)18-11-14(20-27-28-21(31-20)19(23)24)4-5-15(18)12-26-32(29,30)17-6-8-25-9-7-17/h1-5,10-11,17,19,25-26H,6-9,12H2. The lowest BCUT2D eigenvalue weighted by molar-refractivity contribution is 0.116. The van der Waals surface area contributed by atoms with E-state index in [0.29, 0.717) is 47.6 Å². The van der Waals surface area contributed by atoms with Crippen molar-refractivity contribution in [3.63, 3.8) is 0 Å². The molecule has 2 N–H and O–H groups in total. The Labute approximate surface area is 189 Å². The lowest BCUT2D eigenvalue weighted by Gasteiger charge is -2.23. The fraction of sp³-hybridized carbons (Fsp3) is 0.333. The van der Waals surface area contributed by atoms with Gasteiger partial charge in [-0.25, -0.2) is 13.1 Å². The summed E-state index contributed by atoms with van der Waals surface area (Å²) in [6.45, 7) is 1.40. The number of hydrogen-bond donors (Lipinski definition) is 2. The van der Waals surface area contributed by atoms with Gasteiger partial charge >= 0.3 is 6.43 Å². The van der Waals surface area contributed by atoms with E-state index in [1.54, 1.807) is 36.4 Å². The molecule has 0 unspecified atom stereocenters. The summed E-state index contributed by atoms with van der Waals surface area (Å²) in [6, 6.07) is 12.1. The number of nitrogens with zero attached hydrogens (tertiary/aromatic N) is 2. The quantitative estimate of drug-likeness (QED) is 0.524. The molecule has 0 radical (unpaired) electrons. The second-order valence-electron chi connectivity index (χ2n) is 7.44. The van der Waals surface area contributed by atoms with E-state index in [2.05, 4.69) is 20.2 Å². The van der Waals surface area contributed by atoms with Gasteiger partial charge in [-0.15, -0.1) is 10.2 Å². The molecule has 0 atom stereocenters. The van der Waals surface area contributed by atoms with Crippen molar-refractivity contribution in [2.45, 2.75) is 31.1 Å². The molecule has 0 amide bonds. The van der Waals surface area contributed by atoms with Crippen molar-refractivity contribution in [1.82, 2.24) is 20.2 Å². The molecule has 4 rings (SSSR count). The first-order valence-electron chi connectivity index (χ1n) is 10.0. The number of piperidine rings is 1. The van der Waals surface area contributed by atoms with Crippen LogP contribution in [0.3, 0.4) is 0 Å². The molecule has 1 aliphatic heterocycles. The maximum absolute atomic E-state index is 12.8. The van der Waals surface area contributed by atoms with E-state index in [1.807, 2.05) is 6.07 Å². The molecular formula is C21H21ClF2N4O3S. The zero-order valence-electron chi connectivity index (χ0n) is 16.9. The number of nitrogens with one attached hydrogen (secondary N) is 2. The van der Waals surface area contributed by atoms with Crippen LogP contribution in [0.15, 0.2) is 46.9 Å². The number of halogens is 3. The predicted molar refractivity (Wildman–Crippen MR) is 117 cm³/mol. The number of benzene rings is 2. The van der Waals surface area contributed by atoms with Gasteiger partial charge in [0.05, 0.1) is 5.25 Å². The molecule has 0 bridgehead atoms. The molecule has 2 heterocycles. The monoisotopic (exact) mass is 482 g/mol. The maximum atomic E-state index is 12.8. The summed E-state index contributed by atoms with van der Waals surface area (Å²) in [6.07, 6.45) is -1.76. The summed E-state index contributed by atoms with van der Waals surface area (Å²) in [5, 5.41) is 10.3. The van der Waals surface area contributed by atoms with Crippen molar-refractivity contribution in [3.05, 3.63) is 58.9 Å². The molecule has 1 aromatic heterocycles. The largest absolute Gasteiger partial charge is 0.415 e. The minimum Gasteiger partial charge on any atom is -0.415 e. The van der Waals surface area contributed by atoms with Crippen molar-refractivity contribution in [2.24, 2.45) is 0 Å². The van der Waals surface area contributed by atoms with Crippen LogP contribution < -0.4 is 10.0 Å². The summed E-state index contributed by atoms with van der Waals surface area (Å²) < 4.78 is 58.9. The molecule has 0 aliphatic carbocycles. The van der Waals surface area contributed by atoms with Crippen LogP contribution in [0, 0.1) is 0 Å². The Morgan fingerprint density at radius 1 is 1.12 bits per heavy atom. The van der Waals surface area contributed by atoms with Gasteiger partial charge < -0.3 is 9.73 Å². The number of hydrogen-bond acceptors (Lipinski definition) is 6. The van der Waals surface area contributed by atoms with Gasteiger partial charge in [-0.3, -0.25) is 0 Å². The Bertz CT molecular complexity index is 1200. The molecule has 1 aliphatic rings. The molecule has 7 nitrogen and oxygen atoms in total. The summed E-state index contributed by atoms with van der Waals surface area (Å²) >= 11 is 6.15. The Morgan fingerprint density at radius 2 is 1.91 bits per heavy atom. The first kappa shape index (κ1) is 22.8. The Balaban J connectivity index is 1.66. The van der Waals surface area contributed by atoms with E-state index < -0.39 is 27.6 Å². The van der Waals surface area contributed by atoms with Gasteiger partial charge in [0, 0.05) is 17.1 Å². The minimum absolute atomic E-state index is 0.0505. The minimum atomic E-state index is -3.50. The first-order chi connectivity index (χ1) is 15.3. The van der Waals surface area contributed by atoms with Crippen LogP contribution >= 0.6 is 11.6 Å². The van der Waals surface area contributed by atoms with Crippen LogP contribution in [-0.2, 0) is 16.6 Å². The lowest BCUT2D eigenvalue weighted by Crippen LogP contribution is -2.41. The second kappa shape index (κ2) is 9.62. The first-order valence-corrected chi connectivity index (χ1v) is 12.0. The molecule has 0 saturated carbocycles. The zero-order valence-corrected chi connectivity index (χ0v) is 18.5. The highest BCUT2D eigenvalue weighted by atomic mass is 35.5. The number of rotatable bonds is 7. The summed E-state index contributed by atoms with van der Waals surface area (Å²) in [5.74, 6) is -0.812. The predicted octanol–water partition coefficient (Wildman–Crippen LogP) is 4.17. The van der Waals surface area contributed by atoms with Crippen molar-refractivity contribution >= 4 is 21.6 Å². The van der Waals surface area contributed by atoms with Crippen LogP contribution in [0.5, 0.6) is 0 Å². The smallest absolute Gasteiger partial charge is 0.314 e. The van der Waals surface area contributed by atoms with Crippen LogP contribution in [-0.4, -0.2) is 37.0 Å². The maximum Gasteiger partial charge on any atom is 0.314 e. The average molecular weight is 483 g/mol. The molecular weight excluding hydrogens is 462 g/mol. The van der Waals surface area contributed by atoms with Crippen molar-refractivity contribution in [3.8, 4) is 22.6 Å². The fourth-order valence-corrected chi connectivity index (χ4v) is 5.27. The van der Waals surface area contributed by atoms with Gasteiger partial charge in [0.1, 0.15) is 0 Å². The van der Waals surface area contributed by atoms with Gasteiger partial charge in [-0.05, 0) is 66.9 Å². The molecule has 2 aromatic carbocycles. The summed E-state index contributed by atoms with van der Waals surface area (Å²) in [7, 11) is -3.50. The van der Waals surface area contributed by atoms with Crippen molar-refractivity contribution < 1.29 is 21.6 Å². The molecule has 1 fully saturated rings. The Kier molecular flexibility index (Phi) is 6.85. The molecule has 170 valence electrons. The van der Waals surface area contributed by atoms with Crippen molar-refractivity contribution in [1.29, 1.82) is 0 Å². The fourth-order valence-electron chi connectivity index (χ4n) is 3.63. The second-order valence-corrected chi connectivity index (χ2v) is 9.93. The van der Waals surface area contributed by atoms with E-state index >= 15 is 0 Å². The van der Waals surface area contributed by atoms with E-state index in [-0.39, 0.29) is 12.4 Å². The van der Waals surface area contributed by atoms with Crippen LogP contribution in [0.4, 0.5) is 8.78 Å². The number of aromatic nitrogens is 2. The highest BCUT2D eigenvalue weighted by Gasteiger charge is 2.27. The molecule has 3 aromatic rings. The lowest BCUT2D eigenvalue weighted by atomic mass is 9.97. The third-order valence-electron chi connectivity index (χ3n) is 5.31. The highest BCUT2D eigenvalue weighted by molar-refractivity contribution is 7.90. The Morgan fingerprint density at radius 3 is 2.59 bits per heavy atom. The zero-order chi connectivity index (χ0) is 22.7. The molecule has 0 spiro atoms. The number of alkyl halides is 2. The van der Waals surface area contributed by atoms with Gasteiger partial charge in [-0.1, -0.05) is 29.8 Å². The molecule has 32 heavy (non-hydrogen) atoms. The average Bonchev–Trinajstić information content (AvgIpc) is 3.29. The summed E-state index contributed by atoms with van der Waals surface area (Å²) in [4.78, 5) is 0. The van der Waals surface area contributed by atoms with E-state index in [0.717, 1.165) is 5.56 Å². The van der Waals surface area contributed by atoms with Crippen LogP contribution in [0.2, 0.25) is 5.02 Å². The SMILES string of the molecule is O=S(=O)(NCc1ccc(-c2nnc(C(F)F)o2)cc1-c1cccc(Cl)c1)C1CCNCC1. The molecule has 11 heteroatoms. The van der Waals surface area contributed by atoms with Gasteiger partial charge in [-0.2, -0.15) is 8.78 Å². The van der Waals surface area contributed by atoms with Crippen LogP contribution in [0.1, 0.15) is 30.7 Å². The highest BCUT2D eigenvalue weighted by Crippen LogP contribution is 2.32. The molecule has 1 saturated heterocycles. The van der Waals surface area contributed by atoms with Gasteiger partial charge in [0.25, 0.3) is 5.89 Å². The topological polar surface area (TPSA) is 97.1 Å². The third-order valence-corrected chi connectivity index (χ3v) is 7.44. The summed E-state index contributed by atoms with van der Waals surface area (Å²) in [5.41, 5.74) is 2.55. The normalized spacial score (nSPS) is 15.4. The third kappa shape index (κ3) is 5.15. The van der Waals surface area contributed by atoms with E-state index in [4.69, 9.17) is 16.0 Å². The van der Waals surface area contributed by atoms with Crippen molar-refractivity contribution in [2.75, 3.05) is 13.1 Å². The van der Waals surface area contributed by atoms with Gasteiger partial charge in [0.15, 0.2) is 0 Å². The number of sulfonamides is 1. The Hall–Kier alpha value is -2.40. The van der Waals surface area contributed by atoms with Crippen LogP contribution in [0.25, 0.3) is 22.6 Å². The van der Waals surface area contributed by atoms with Gasteiger partial charge in [0.2, 0.25) is 15.9 Å². The van der Waals surface area contributed by atoms with E-state index in [9.17, 15) is 17.2 Å². The van der Waals surface area contributed by atoms with E-state index in [1.165, 1.54) is 0 Å².